The van der Waals surface area contributed by atoms with Gasteiger partial charge in [-0.2, -0.15) is 18.1 Å². The van der Waals surface area contributed by atoms with Crippen LogP contribution in [0, 0.1) is 0 Å². The minimum atomic E-state index is -3.19. The van der Waals surface area contributed by atoms with Crippen LogP contribution in [-0.2, 0) is 13.6 Å². The summed E-state index contributed by atoms with van der Waals surface area (Å²) in [5, 5.41) is 24.4. The van der Waals surface area contributed by atoms with Crippen molar-refractivity contribution in [3.05, 3.63) is 35.9 Å². The van der Waals surface area contributed by atoms with E-state index in [0.717, 1.165) is 10.9 Å². The molecule has 0 bridgehead atoms. The Bertz CT molecular complexity index is 917. The van der Waals surface area contributed by atoms with Crippen molar-refractivity contribution in [3.8, 4) is 0 Å². The Balaban J connectivity index is 2.20. The Hall–Kier alpha value is -1.70. The molecule has 1 aromatic carbocycles. The fraction of sp³-hybridized carbons (Fsp3) is 0.526. The molecule has 0 aliphatic heterocycles. The molecule has 3 aromatic rings. The molecule has 0 saturated carbocycles. The van der Waals surface area contributed by atoms with Gasteiger partial charge in [0.25, 0.3) is 5.85 Å². The van der Waals surface area contributed by atoms with E-state index in [4.69, 9.17) is 13.6 Å². The average molecular weight is 407 g/mol. The van der Waals surface area contributed by atoms with Gasteiger partial charge in [0.1, 0.15) is 18.3 Å². The Morgan fingerprint density at radius 2 is 1.50 bits per heavy atom. The number of aliphatic hydroxyl groups is 1. The van der Waals surface area contributed by atoms with E-state index < -0.39 is 13.8 Å². The third kappa shape index (κ3) is 4.16. The molecule has 2 aromatic heterocycles. The number of aliphatic hydroxyl groups excluding tert-OH is 1. The van der Waals surface area contributed by atoms with Crippen molar-refractivity contribution in [3.63, 3.8) is 0 Å². The lowest BCUT2D eigenvalue weighted by atomic mass is 10.1. The highest BCUT2D eigenvalue weighted by atomic mass is 31.2. The smallest absolute Gasteiger partial charge is 0.349 e. The van der Waals surface area contributed by atoms with Gasteiger partial charge in [-0.25, -0.2) is 0 Å². The molecule has 0 fully saturated rings. The van der Waals surface area contributed by atoms with Crippen molar-refractivity contribution >= 4 is 24.5 Å². The summed E-state index contributed by atoms with van der Waals surface area (Å²) < 4.78 is 20.1. The molecule has 2 heterocycles. The van der Waals surface area contributed by atoms with Gasteiger partial charge in [0.05, 0.1) is 11.1 Å². The maximum absolute atomic E-state index is 11.5. The molecule has 3 rings (SSSR count). The first kappa shape index (κ1) is 21.0. The van der Waals surface area contributed by atoms with E-state index in [-0.39, 0.29) is 18.3 Å². The fourth-order valence-corrected chi connectivity index (χ4v) is 5.84. The zero-order valence-electron chi connectivity index (χ0n) is 17.1. The summed E-state index contributed by atoms with van der Waals surface area (Å²) in [6.45, 7) is 11.4. The molecule has 0 radical (unpaired) electrons. The zero-order chi connectivity index (χ0) is 20.5. The average Bonchev–Trinajstić information content (AvgIpc) is 3.08. The van der Waals surface area contributed by atoms with Gasteiger partial charge in [0.2, 0.25) is 0 Å². The van der Waals surface area contributed by atoms with Gasteiger partial charge >= 0.3 is 7.94 Å². The molecule has 152 valence electrons. The first-order valence-electron chi connectivity index (χ1n) is 9.45. The third-order valence-corrected chi connectivity index (χ3v) is 6.88. The van der Waals surface area contributed by atoms with Crippen molar-refractivity contribution in [2.45, 2.75) is 65.7 Å². The summed E-state index contributed by atoms with van der Waals surface area (Å²) in [6, 6.07) is 9.59. The molecular formula is C19H28N4O4P+. The molecule has 28 heavy (non-hydrogen) atoms. The first-order chi connectivity index (χ1) is 13.2. The van der Waals surface area contributed by atoms with Crippen LogP contribution in [0.2, 0.25) is 0 Å². The van der Waals surface area contributed by atoms with E-state index in [1.54, 1.807) is 4.52 Å². The van der Waals surface area contributed by atoms with E-state index in [2.05, 4.69) is 15.5 Å². The molecule has 1 unspecified atom stereocenters. The van der Waals surface area contributed by atoms with E-state index in [1.165, 1.54) is 0 Å². The van der Waals surface area contributed by atoms with Crippen molar-refractivity contribution < 1.29 is 18.7 Å². The molecule has 1 N–H and O–H groups in total. The highest BCUT2D eigenvalue weighted by Gasteiger charge is 2.57. The van der Waals surface area contributed by atoms with Crippen molar-refractivity contribution in [2.24, 2.45) is 0 Å². The number of nitrogens with zero attached hydrogens (tertiary/aromatic N) is 4. The molecule has 0 spiro atoms. The number of para-hydroxylation sites is 1. The van der Waals surface area contributed by atoms with Gasteiger partial charge < -0.3 is 5.11 Å². The van der Waals surface area contributed by atoms with Gasteiger partial charge in [-0.1, -0.05) is 18.2 Å². The Kier molecular flexibility index (Phi) is 6.27. The summed E-state index contributed by atoms with van der Waals surface area (Å²) in [7, 11) is -3.19. The molecule has 0 aliphatic rings. The second kappa shape index (κ2) is 8.35. The SMILES string of the molecule is CC(C)O[P+](OC(C)C)(OC(C)C)C(O)c1cc2ccccc2n2nnnc12. The maximum Gasteiger partial charge on any atom is 0.448 e. The van der Waals surface area contributed by atoms with Gasteiger partial charge in [-0.3, -0.25) is 0 Å². The van der Waals surface area contributed by atoms with Crippen LogP contribution in [0.15, 0.2) is 30.3 Å². The van der Waals surface area contributed by atoms with Crippen molar-refractivity contribution in [1.82, 2.24) is 20.0 Å². The van der Waals surface area contributed by atoms with E-state index >= 15 is 0 Å². The minimum absolute atomic E-state index is 0.201. The quantitative estimate of drug-likeness (QED) is 0.557. The highest BCUT2D eigenvalue weighted by molar-refractivity contribution is 7.61. The topological polar surface area (TPSA) is 91.0 Å². The number of hydrogen-bond acceptors (Lipinski definition) is 7. The van der Waals surface area contributed by atoms with E-state index in [1.807, 2.05) is 71.9 Å². The summed E-state index contributed by atoms with van der Waals surface area (Å²) in [5.74, 6) is -1.17. The van der Waals surface area contributed by atoms with E-state index in [9.17, 15) is 5.11 Å². The molecule has 0 aliphatic carbocycles. The van der Waals surface area contributed by atoms with Gasteiger partial charge in [-0.05, 0) is 64.1 Å². The van der Waals surface area contributed by atoms with Gasteiger partial charge in [-0.15, -0.1) is 5.10 Å². The normalized spacial score (nSPS) is 14.1. The van der Waals surface area contributed by atoms with Crippen LogP contribution < -0.4 is 0 Å². The molecular weight excluding hydrogens is 379 g/mol. The maximum atomic E-state index is 11.5. The summed E-state index contributed by atoms with van der Waals surface area (Å²) in [6.07, 6.45) is -0.603. The number of pyridine rings is 1. The second-order valence-electron chi connectivity index (χ2n) is 7.45. The van der Waals surface area contributed by atoms with Crippen LogP contribution in [0.3, 0.4) is 0 Å². The minimum Gasteiger partial charge on any atom is -0.349 e. The number of tetrazole rings is 1. The second-order valence-corrected chi connectivity index (χ2v) is 9.65. The Morgan fingerprint density at radius 1 is 0.929 bits per heavy atom. The zero-order valence-corrected chi connectivity index (χ0v) is 18.0. The molecule has 0 saturated heterocycles. The highest BCUT2D eigenvalue weighted by Crippen LogP contribution is 2.73. The predicted octanol–water partition coefficient (Wildman–Crippen LogP) is 4.31. The Morgan fingerprint density at radius 3 is 2.07 bits per heavy atom. The standard InChI is InChI=1S/C19H28N4O4P/c1-12(2)25-28(26-13(3)4,27-14(5)6)19(24)16-11-15-9-7-8-10-17(15)23-18(16)20-21-22-23/h7-14,19,24H,1-6H3/q+1. The molecule has 9 heteroatoms. The Labute approximate surface area is 165 Å². The summed E-state index contributed by atoms with van der Waals surface area (Å²) >= 11 is 0. The molecule has 1 atom stereocenters. The molecule has 0 amide bonds. The third-order valence-electron chi connectivity index (χ3n) is 3.85. The van der Waals surface area contributed by atoms with Crippen LogP contribution >= 0.6 is 7.94 Å². The number of hydrogen-bond donors (Lipinski definition) is 1. The monoisotopic (exact) mass is 407 g/mol. The lowest BCUT2D eigenvalue weighted by molar-refractivity contribution is 0.0398. The van der Waals surface area contributed by atoms with Crippen LogP contribution in [0.25, 0.3) is 16.6 Å². The van der Waals surface area contributed by atoms with Crippen LogP contribution in [0.1, 0.15) is 53.0 Å². The predicted molar refractivity (Wildman–Crippen MR) is 109 cm³/mol. The van der Waals surface area contributed by atoms with E-state index in [0.29, 0.717) is 11.2 Å². The van der Waals surface area contributed by atoms with Crippen molar-refractivity contribution in [2.75, 3.05) is 0 Å². The molecule has 8 nitrogen and oxygen atoms in total. The largest absolute Gasteiger partial charge is 0.448 e. The lowest BCUT2D eigenvalue weighted by Gasteiger charge is -2.30. The summed E-state index contributed by atoms with van der Waals surface area (Å²) in [4.78, 5) is 0. The fourth-order valence-electron chi connectivity index (χ4n) is 3.05. The van der Waals surface area contributed by atoms with Crippen LogP contribution in [0.4, 0.5) is 0 Å². The van der Waals surface area contributed by atoms with Crippen molar-refractivity contribution in [1.29, 1.82) is 0 Å². The summed E-state index contributed by atoms with van der Waals surface area (Å²) in [5.41, 5.74) is 1.81. The first-order valence-corrected chi connectivity index (χ1v) is 11.1. The van der Waals surface area contributed by atoms with Crippen LogP contribution in [-0.4, -0.2) is 43.5 Å². The number of rotatable bonds is 8. The van der Waals surface area contributed by atoms with Gasteiger partial charge in [0.15, 0.2) is 5.65 Å². The lowest BCUT2D eigenvalue weighted by Crippen LogP contribution is -2.23. The number of benzene rings is 1. The van der Waals surface area contributed by atoms with Crippen LogP contribution in [0.5, 0.6) is 0 Å². The van der Waals surface area contributed by atoms with Gasteiger partial charge in [0, 0.05) is 5.39 Å². The number of fused-ring (bicyclic) bond motifs is 3. The number of aromatic nitrogens is 4.